The van der Waals surface area contributed by atoms with E-state index in [-0.39, 0.29) is 26.5 Å². The van der Waals surface area contributed by atoms with Crippen molar-refractivity contribution in [3.8, 4) is 0 Å². The van der Waals surface area contributed by atoms with Crippen LogP contribution < -0.4 is 11.5 Å². The standard InChI is InChI=1S/C12H14N4O5S.C11H10ClNO5S/c1-6-4-10(22(20,21)7-2-3-7)9(16(18)19)5-8(6)11(17)15-12(13)14;1-6-4-10(19(17,18)7-2-3-7)9(13(15)16)5-8(6)11(12)14/h4-5,7H,2-3H2,1H3,(H4,13,14,15,17);4-5,7H,2-3H2,1H3. The number of amides is 1. The predicted octanol–water partition coefficient (Wildman–Crippen LogP) is 2.47. The first kappa shape index (κ1) is 31.6. The van der Waals surface area contributed by atoms with Crippen LogP contribution in [0.15, 0.2) is 39.0 Å². The predicted molar refractivity (Wildman–Crippen MR) is 146 cm³/mol. The van der Waals surface area contributed by atoms with Gasteiger partial charge in [-0.1, -0.05) is 0 Å². The lowest BCUT2D eigenvalue weighted by Crippen LogP contribution is -2.24. The number of nitro benzene ring substituents is 2. The number of guanidine groups is 1. The normalized spacial score (nSPS) is 14.8. The summed E-state index contributed by atoms with van der Waals surface area (Å²) >= 11 is 5.32. The second-order valence-corrected chi connectivity index (χ2v) is 14.1. The highest BCUT2D eigenvalue weighted by Gasteiger charge is 2.42. The number of sulfone groups is 2. The van der Waals surface area contributed by atoms with Crippen molar-refractivity contribution in [1.29, 1.82) is 0 Å². The van der Waals surface area contributed by atoms with E-state index in [4.69, 9.17) is 23.1 Å². The molecule has 2 saturated carbocycles. The molecule has 4 N–H and O–H groups in total. The Balaban J connectivity index is 0.000000228. The summed E-state index contributed by atoms with van der Waals surface area (Å²) in [5, 5.41) is 20.2. The van der Waals surface area contributed by atoms with Crippen LogP contribution in [0.1, 0.15) is 57.5 Å². The lowest BCUT2D eigenvalue weighted by molar-refractivity contribution is -0.388. The number of nitro groups is 2. The van der Waals surface area contributed by atoms with Crippen LogP contribution in [-0.2, 0) is 19.7 Å². The zero-order valence-electron chi connectivity index (χ0n) is 21.6. The zero-order chi connectivity index (χ0) is 31.0. The molecule has 41 heavy (non-hydrogen) atoms. The van der Waals surface area contributed by atoms with Crippen LogP contribution in [0.4, 0.5) is 11.4 Å². The SMILES string of the molecule is Cc1cc(S(=O)(=O)C2CC2)c([N+](=O)[O-])cc1C(=O)Cl.Cc1cc(S(=O)(=O)C2CC2)c([N+](=O)[O-])cc1C(=O)N=C(N)N. The second kappa shape index (κ2) is 11.5. The summed E-state index contributed by atoms with van der Waals surface area (Å²) in [7, 11) is -7.47. The molecular weight excluding hydrogens is 606 g/mol. The Morgan fingerprint density at radius 2 is 1.17 bits per heavy atom. The number of nitrogens with two attached hydrogens (primary N) is 2. The number of halogens is 1. The topological polar surface area (TPSA) is 253 Å². The quantitative estimate of drug-likeness (QED) is 0.140. The van der Waals surface area contributed by atoms with Crippen LogP contribution in [0.2, 0.25) is 0 Å². The van der Waals surface area contributed by atoms with Gasteiger partial charge in [0.05, 0.1) is 25.9 Å². The molecule has 2 aliphatic carbocycles. The van der Waals surface area contributed by atoms with Crippen LogP contribution >= 0.6 is 11.6 Å². The molecule has 1 amide bonds. The average Bonchev–Trinajstić information content (AvgIpc) is 3.75. The first-order valence-electron chi connectivity index (χ1n) is 11.8. The van der Waals surface area contributed by atoms with E-state index in [0.29, 0.717) is 31.2 Å². The number of aryl methyl sites for hydroxylation is 2. The van der Waals surface area contributed by atoms with Crippen molar-refractivity contribution < 1.29 is 36.3 Å². The summed E-state index contributed by atoms with van der Waals surface area (Å²) in [5.74, 6) is -1.35. The summed E-state index contributed by atoms with van der Waals surface area (Å²) in [6, 6.07) is 4.11. The largest absolute Gasteiger partial charge is 0.370 e. The van der Waals surface area contributed by atoms with E-state index in [1.165, 1.54) is 13.8 Å². The molecular formula is C23H24ClN5O10S2. The summed E-state index contributed by atoms with van der Waals surface area (Å²) < 4.78 is 48.8. The van der Waals surface area contributed by atoms with Gasteiger partial charge in [0.1, 0.15) is 9.79 Å². The number of carbonyl (C=O) groups is 2. The summed E-state index contributed by atoms with van der Waals surface area (Å²) in [4.78, 5) is 46.1. The maximum atomic E-state index is 12.3. The van der Waals surface area contributed by atoms with E-state index < -0.39 is 68.5 Å². The number of hydrogen-bond donors (Lipinski definition) is 2. The Bertz CT molecular complexity index is 1730. The Labute approximate surface area is 238 Å². The number of nitrogens with zero attached hydrogens (tertiary/aromatic N) is 3. The van der Waals surface area contributed by atoms with Gasteiger partial charge in [-0.05, 0) is 74.4 Å². The van der Waals surface area contributed by atoms with Crippen LogP contribution in [-0.4, -0.2) is 54.3 Å². The highest BCUT2D eigenvalue weighted by Crippen LogP contribution is 2.39. The highest BCUT2D eigenvalue weighted by molar-refractivity contribution is 7.92. The van der Waals surface area contributed by atoms with Crippen molar-refractivity contribution in [2.75, 3.05) is 0 Å². The van der Waals surface area contributed by atoms with Crippen LogP contribution in [0.25, 0.3) is 0 Å². The minimum absolute atomic E-state index is 0.0527. The van der Waals surface area contributed by atoms with Crippen molar-refractivity contribution >= 4 is 59.8 Å². The average molecular weight is 630 g/mol. The third-order valence-corrected chi connectivity index (χ3v) is 11.0. The molecule has 18 heteroatoms. The van der Waals surface area contributed by atoms with E-state index in [2.05, 4.69) is 4.99 Å². The number of rotatable bonds is 8. The van der Waals surface area contributed by atoms with Crippen LogP contribution in [0, 0.1) is 34.1 Å². The molecule has 220 valence electrons. The molecule has 2 aromatic rings. The van der Waals surface area contributed by atoms with Gasteiger partial charge in [-0.2, -0.15) is 4.99 Å². The van der Waals surface area contributed by atoms with Gasteiger partial charge >= 0.3 is 0 Å². The number of benzene rings is 2. The van der Waals surface area contributed by atoms with Gasteiger partial charge in [0.15, 0.2) is 25.6 Å². The third kappa shape index (κ3) is 6.86. The lowest BCUT2D eigenvalue weighted by atomic mass is 10.1. The zero-order valence-corrected chi connectivity index (χ0v) is 24.0. The molecule has 2 fully saturated rings. The lowest BCUT2D eigenvalue weighted by Gasteiger charge is -2.08. The van der Waals surface area contributed by atoms with Crippen molar-refractivity contribution in [2.24, 2.45) is 16.5 Å². The molecule has 15 nitrogen and oxygen atoms in total. The van der Waals surface area contributed by atoms with Crippen molar-refractivity contribution in [3.05, 3.63) is 66.7 Å². The van der Waals surface area contributed by atoms with Crippen molar-refractivity contribution in [2.45, 2.75) is 59.8 Å². The summed E-state index contributed by atoms with van der Waals surface area (Å²) in [6.45, 7) is 2.95. The van der Waals surface area contributed by atoms with E-state index in [0.717, 1.165) is 24.3 Å². The number of carbonyl (C=O) groups excluding carboxylic acids is 2. The number of hydrogen-bond acceptors (Lipinski definition) is 10. The molecule has 0 atom stereocenters. The molecule has 2 aromatic carbocycles. The first-order valence-corrected chi connectivity index (χ1v) is 15.3. The maximum absolute atomic E-state index is 12.3. The molecule has 0 unspecified atom stereocenters. The van der Waals surface area contributed by atoms with Gasteiger partial charge < -0.3 is 11.5 Å². The monoisotopic (exact) mass is 629 g/mol. The molecule has 0 bridgehead atoms. The molecule has 0 saturated heterocycles. The van der Waals surface area contributed by atoms with Crippen LogP contribution in [0.5, 0.6) is 0 Å². The Morgan fingerprint density at radius 3 is 1.49 bits per heavy atom. The van der Waals surface area contributed by atoms with Crippen LogP contribution in [0.3, 0.4) is 0 Å². The fraction of sp³-hybridized carbons (Fsp3) is 0.348. The third-order valence-electron chi connectivity index (χ3n) is 6.22. The minimum Gasteiger partial charge on any atom is -0.370 e. The van der Waals surface area contributed by atoms with E-state index in [1.54, 1.807) is 0 Å². The maximum Gasteiger partial charge on any atom is 0.288 e. The Kier molecular flexibility index (Phi) is 8.85. The minimum atomic E-state index is -3.77. The summed E-state index contributed by atoms with van der Waals surface area (Å²) in [6.07, 6.45) is 1.98. The smallest absolute Gasteiger partial charge is 0.288 e. The first-order chi connectivity index (χ1) is 18.9. The highest BCUT2D eigenvalue weighted by atomic mass is 35.5. The van der Waals surface area contributed by atoms with Crippen molar-refractivity contribution in [3.63, 3.8) is 0 Å². The molecule has 0 aromatic heterocycles. The fourth-order valence-corrected chi connectivity index (χ4v) is 7.78. The molecule has 4 rings (SSSR count). The molecule has 0 heterocycles. The molecule has 2 aliphatic rings. The second-order valence-electron chi connectivity index (χ2n) is 9.39. The van der Waals surface area contributed by atoms with Gasteiger partial charge in [-0.15, -0.1) is 0 Å². The summed E-state index contributed by atoms with van der Waals surface area (Å²) in [5.41, 5.74) is 9.35. The molecule has 0 radical (unpaired) electrons. The van der Waals surface area contributed by atoms with Gasteiger partial charge in [0.2, 0.25) is 0 Å². The van der Waals surface area contributed by atoms with Gasteiger partial charge in [0.25, 0.3) is 22.5 Å². The molecule has 0 aliphatic heterocycles. The van der Waals surface area contributed by atoms with E-state index in [9.17, 15) is 46.7 Å². The van der Waals surface area contributed by atoms with Gasteiger partial charge in [-0.3, -0.25) is 29.8 Å². The van der Waals surface area contributed by atoms with Gasteiger partial charge in [-0.25, -0.2) is 16.8 Å². The Morgan fingerprint density at radius 1 is 0.805 bits per heavy atom. The molecule has 0 spiro atoms. The number of aliphatic imine (C=N–C) groups is 1. The van der Waals surface area contributed by atoms with Gasteiger partial charge in [0, 0.05) is 17.7 Å². The van der Waals surface area contributed by atoms with E-state index >= 15 is 0 Å². The van der Waals surface area contributed by atoms with E-state index in [1.807, 2.05) is 0 Å². The Hall–Kier alpha value is -3.96. The van der Waals surface area contributed by atoms with Crippen molar-refractivity contribution in [1.82, 2.24) is 0 Å². The fourth-order valence-electron chi connectivity index (χ4n) is 3.82.